The van der Waals surface area contributed by atoms with Crippen LogP contribution in [0.25, 0.3) is 0 Å². The van der Waals surface area contributed by atoms with Gasteiger partial charge in [-0.25, -0.2) is 0 Å². The van der Waals surface area contributed by atoms with Crippen molar-refractivity contribution >= 4 is 23.4 Å². The van der Waals surface area contributed by atoms with Crippen LogP contribution in [0, 0.1) is 5.92 Å². The van der Waals surface area contributed by atoms with Crippen LogP contribution in [0.5, 0.6) is 0 Å². The molecule has 1 rings (SSSR count). The molecule has 0 amide bonds. The Bertz CT molecular complexity index is 406. The average Bonchev–Trinajstić information content (AvgIpc) is 2.30. The van der Waals surface area contributed by atoms with Crippen molar-refractivity contribution in [3.05, 3.63) is 29.0 Å². The molecule has 0 radical (unpaired) electrons. The summed E-state index contributed by atoms with van der Waals surface area (Å²) >= 11 is 5.83. The molecule has 0 aliphatic carbocycles. The van der Waals surface area contributed by atoms with Crippen LogP contribution in [-0.2, 0) is 9.53 Å². The van der Waals surface area contributed by atoms with E-state index in [0.717, 1.165) is 0 Å². The van der Waals surface area contributed by atoms with Gasteiger partial charge in [0.15, 0.2) is 5.78 Å². The summed E-state index contributed by atoms with van der Waals surface area (Å²) < 4.78 is 4.56. The number of aromatic nitrogens is 1. The first-order valence-corrected chi connectivity index (χ1v) is 5.22. The van der Waals surface area contributed by atoms with Crippen LogP contribution in [0.15, 0.2) is 18.3 Å². The van der Waals surface area contributed by atoms with E-state index in [0.29, 0.717) is 6.42 Å². The van der Waals surface area contributed by atoms with E-state index in [1.165, 1.54) is 13.3 Å². The topological polar surface area (TPSA) is 56.3 Å². The molecule has 1 unspecified atom stereocenters. The molecule has 5 heteroatoms. The lowest BCUT2D eigenvalue weighted by Crippen LogP contribution is -2.25. The maximum absolute atomic E-state index is 11.9. The fourth-order valence-electron chi connectivity index (χ4n) is 1.33. The number of carbonyl (C=O) groups excluding carboxylic acids is 2. The molecular formula is C11H12ClNO3. The van der Waals surface area contributed by atoms with Crippen LogP contribution in [0.4, 0.5) is 0 Å². The normalized spacial score (nSPS) is 11.9. The molecule has 0 fully saturated rings. The highest BCUT2D eigenvalue weighted by Gasteiger charge is 2.28. The number of hydrogen-bond acceptors (Lipinski definition) is 4. The van der Waals surface area contributed by atoms with Crippen molar-refractivity contribution in [2.24, 2.45) is 5.92 Å². The Kier molecular flexibility index (Phi) is 4.43. The van der Waals surface area contributed by atoms with Crippen molar-refractivity contribution in [3.8, 4) is 0 Å². The van der Waals surface area contributed by atoms with E-state index < -0.39 is 17.7 Å². The molecule has 16 heavy (non-hydrogen) atoms. The third-order valence-electron chi connectivity index (χ3n) is 2.20. The number of hydrogen-bond donors (Lipinski definition) is 0. The zero-order chi connectivity index (χ0) is 12.1. The summed E-state index contributed by atoms with van der Waals surface area (Å²) in [4.78, 5) is 27.2. The molecule has 0 aromatic carbocycles. The third kappa shape index (κ3) is 2.58. The second-order valence-corrected chi connectivity index (χ2v) is 3.59. The molecule has 1 aromatic heterocycles. The number of Topliss-reactive ketones (excluding diaryl/α,β-unsaturated/α-hetero) is 1. The summed E-state index contributed by atoms with van der Waals surface area (Å²) in [5, 5.41) is 0.245. The van der Waals surface area contributed by atoms with Gasteiger partial charge in [0, 0.05) is 6.20 Å². The summed E-state index contributed by atoms with van der Waals surface area (Å²) in [6.07, 6.45) is 1.82. The van der Waals surface area contributed by atoms with E-state index in [9.17, 15) is 9.59 Å². The van der Waals surface area contributed by atoms with Gasteiger partial charge in [0.05, 0.1) is 12.1 Å². The SMILES string of the molecule is CCC(C(=O)OC)C(=O)c1ncccc1Cl. The number of carbonyl (C=O) groups is 2. The smallest absolute Gasteiger partial charge is 0.316 e. The zero-order valence-corrected chi connectivity index (χ0v) is 9.82. The first kappa shape index (κ1) is 12.6. The summed E-state index contributed by atoms with van der Waals surface area (Å²) in [5.74, 6) is -1.80. The lowest BCUT2D eigenvalue weighted by Gasteiger charge is -2.11. The molecule has 0 saturated heterocycles. The van der Waals surface area contributed by atoms with Crippen molar-refractivity contribution in [2.75, 3.05) is 7.11 Å². The van der Waals surface area contributed by atoms with Crippen LogP contribution in [0.1, 0.15) is 23.8 Å². The Morgan fingerprint density at radius 1 is 1.56 bits per heavy atom. The first-order valence-electron chi connectivity index (χ1n) is 4.84. The van der Waals surface area contributed by atoms with Gasteiger partial charge in [-0.2, -0.15) is 0 Å². The molecule has 86 valence electrons. The summed E-state index contributed by atoms with van der Waals surface area (Å²) in [5.41, 5.74) is 0.112. The van der Waals surface area contributed by atoms with Crippen LogP contribution in [-0.4, -0.2) is 23.8 Å². The number of ether oxygens (including phenoxy) is 1. The number of pyridine rings is 1. The van der Waals surface area contributed by atoms with Crippen LogP contribution < -0.4 is 0 Å². The molecule has 0 saturated carbocycles. The highest BCUT2D eigenvalue weighted by Crippen LogP contribution is 2.19. The maximum atomic E-state index is 11.9. The van der Waals surface area contributed by atoms with E-state index in [-0.39, 0.29) is 10.7 Å². The molecule has 0 bridgehead atoms. The maximum Gasteiger partial charge on any atom is 0.316 e. The molecule has 1 heterocycles. The summed E-state index contributed by atoms with van der Waals surface area (Å²) in [6, 6.07) is 3.18. The van der Waals surface area contributed by atoms with Crippen molar-refractivity contribution in [1.82, 2.24) is 4.98 Å². The predicted octanol–water partition coefficient (Wildman–Crippen LogP) is 2.12. The Morgan fingerprint density at radius 3 is 2.75 bits per heavy atom. The van der Waals surface area contributed by atoms with Crippen molar-refractivity contribution in [2.45, 2.75) is 13.3 Å². The first-order chi connectivity index (χ1) is 7.61. The minimum absolute atomic E-state index is 0.112. The molecule has 4 nitrogen and oxygen atoms in total. The van der Waals surface area contributed by atoms with Crippen LogP contribution >= 0.6 is 11.6 Å². The number of rotatable bonds is 4. The lowest BCUT2D eigenvalue weighted by molar-refractivity contribution is -0.143. The van der Waals surface area contributed by atoms with E-state index >= 15 is 0 Å². The number of ketones is 1. The standard InChI is InChI=1S/C11H12ClNO3/c1-3-7(11(15)16-2)10(14)9-8(12)5-4-6-13-9/h4-7H,3H2,1-2H3. The zero-order valence-electron chi connectivity index (χ0n) is 9.07. The lowest BCUT2D eigenvalue weighted by atomic mass is 9.98. The molecular weight excluding hydrogens is 230 g/mol. The number of nitrogens with zero attached hydrogens (tertiary/aromatic N) is 1. The van der Waals surface area contributed by atoms with Gasteiger partial charge in [0.1, 0.15) is 11.6 Å². The largest absolute Gasteiger partial charge is 0.468 e. The molecule has 0 aliphatic rings. The van der Waals surface area contributed by atoms with Crippen molar-refractivity contribution < 1.29 is 14.3 Å². The predicted molar refractivity (Wildman–Crippen MR) is 59.4 cm³/mol. The molecule has 0 spiro atoms. The van der Waals surface area contributed by atoms with Gasteiger partial charge in [0.2, 0.25) is 0 Å². The van der Waals surface area contributed by atoms with E-state index in [2.05, 4.69) is 9.72 Å². The minimum Gasteiger partial charge on any atom is -0.468 e. The highest BCUT2D eigenvalue weighted by atomic mass is 35.5. The Hall–Kier alpha value is -1.42. The second kappa shape index (κ2) is 5.61. The quantitative estimate of drug-likeness (QED) is 0.460. The van der Waals surface area contributed by atoms with Crippen LogP contribution in [0.2, 0.25) is 5.02 Å². The number of esters is 1. The molecule has 1 aromatic rings. The third-order valence-corrected chi connectivity index (χ3v) is 2.51. The van der Waals surface area contributed by atoms with E-state index in [1.54, 1.807) is 19.1 Å². The van der Waals surface area contributed by atoms with Crippen LogP contribution in [0.3, 0.4) is 0 Å². The van der Waals surface area contributed by atoms with Gasteiger partial charge in [-0.05, 0) is 18.6 Å². The summed E-state index contributed by atoms with van der Waals surface area (Å²) in [7, 11) is 1.25. The van der Waals surface area contributed by atoms with Gasteiger partial charge in [-0.1, -0.05) is 18.5 Å². The molecule has 1 atom stereocenters. The monoisotopic (exact) mass is 241 g/mol. The van der Waals surface area contributed by atoms with Gasteiger partial charge in [0.25, 0.3) is 0 Å². The van der Waals surface area contributed by atoms with Gasteiger partial charge in [-0.3, -0.25) is 14.6 Å². The van der Waals surface area contributed by atoms with Gasteiger partial charge >= 0.3 is 5.97 Å². The fraction of sp³-hybridized carbons (Fsp3) is 0.364. The van der Waals surface area contributed by atoms with Crippen molar-refractivity contribution in [3.63, 3.8) is 0 Å². The summed E-state index contributed by atoms with van der Waals surface area (Å²) in [6.45, 7) is 1.73. The Labute approximate surface area is 98.6 Å². The Morgan fingerprint density at radius 2 is 2.25 bits per heavy atom. The van der Waals surface area contributed by atoms with Gasteiger partial charge in [-0.15, -0.1) is 0 Å². The van der Waals surface area contributed by atoms with Gasteiger partial charge < -0.3 is 4.74 Å². The fourth-order valence-corrected chi connectivity index (χ4v) is 1.55. The van der Waals surface area contributed by atoms with E-state index in [1.807, 2.05) is 0 Å². The minimum atomic E-state index is -0.836. The van der Waals surface area contributed by atoms with E-state index in [4.69, 9.17) is 11.6 Å². The molecule has 0 N–H and O–H groups in total. The molecule has 0 aliphatic heterocycles. The highest BCUT2D eigenvalue weighted by molar-refractivity contribution is 6.34. The average molecular weight is 242 g/mol. The second-order valence-electron chi connectivity index (χ2n) is 3.18. The number of halogens is 1. The van der Waals surface area contributed by atoms with Crippen molar-refractivity contribution in [1.29, 1.82) is 0 Å². The number of methoxy groups -OCH3 is 1. The Balaban J connectivity index is 3.01.